The van der Waals surface area contributed by atoms with Crippen LogP contribution in [0.15, 0.2) is 35.0 Å². The number of rotatable bonds is 6. The first-order chi connectivity index (χ1) is 14.5. The van der Waals surface area contributed by atoms with Gasteiger partial charge in [0.15, 0.2) is 0 Å². The van der Waals surface area contributed by atoms with Crippen molar-refractivity contribution < 1.29 is 19.2 Å². The van der Waals surface area contributed by atoms with Crippen LogP contribution in [-0.4, -0.2) is 52.5 Å². The second kappa shape index (κ2) is 8.81. The van der Waals surface area contributed by atoms with Gasteiger partial charge in [-0.25, -0.2) is 4.98 Å². The highest BCUT2D eigenvalue weighted by Gasteiger charge is 2.18. The summed E-state index contributed by atoms with van der Waals surface area (Å²) in [6, 6.07) is 7.49. The van der Waals surface area contributed by atoms with Gasteiger partial charge in [-0.05, 0) is 30.5 Å². The van der Waals surface area contributed by atoms with Gasteiger partial charge < -0.3 is 19.3 Å². The van der Waals surface area contributed by atoms with E-state index in [1.807, 2.05) is 25.1 Å². The Kier molecular flexibility index (Phi) is 5.96. The molecule has 30 heavy (non-hydrogen) atoms. The van der Waals surface area contributed by atoms with Gasteiger partial charge in [-0.1, -0.05) is 35.0 Å². The molecular weight excluding hydrogens is 408 g/mol. The molecule has 2 aromatic heterocycles. The van der Waals surface area contributed by atoms with Gasteiger partial charge in [0.05, 0.1) is 23.8 Å². The van der Waals surface area contributed by atoms with Gasteiger partial charge in [-0.15, -0.1) is 0 Å². The normalized spacial score (nSPS) is 14.1. The number of aromatic nitrogens is 3. The van der Waals surface area contributed by atoms with E-state index in [0.717, 1.165) is 35.6 Å². The molecular formula is C21H21ClN4O4. The topological polar surface area (TPSA) is 102 Å². The fourth-order valence-corrected chi connectivity index (χ4v) is 3.67. The lowest BCUT2D eigenvalue weighted by molar-refractivity contribution is -0.136. The van der Waals surface area contributed by atoms with E-state index in [4.69, 9.17) is 26.0 Å². The van der Waals surface area contributed by atoms with Gasteiger partial charge in [-0.3, -0.25) is 4.79 Å². The highest BCUT2D eigenvalue weighted by Crippen LogP contribution is 2.30. The summed E-state index contributed by atoms with van der Waals surface area (Å²) in [6.07, 6.45) is 2.25. The Morgan fingerprint density at radius 1 is 1.27 bits per heavy atom. The number of carbonyl (C=O) groups is 1. The molecule has 0 amide bonds. The second-order valence-electron chi connectivity index (χ2n) is 7.09. The van der Waals surface area contributed by atoms with Gasteiger partial charge in [0.25, 0.3) is 5.89 Å². The number of aliphatic carboxylic acids is 1. The number of carboxylic acid groups (broad SMARTS) is 1. The minimum Gasteiger partial charge on any atom is -0.481 e. The number of aryl methyl sites for hydroxylation is 2. The molecule has 8 nitrogen and oxygen atoms in total. The molecule has 156 valence electrons. The smallest absolute Gasteiger partial charge is 0.303 e. The van der Waals surface area contributed by atoms with Gasteiger partial charge >= 0.3 is 5.97 Å². The Morgan fingerprint density at radius 2 is 2.07 bits per heavy atom. The number of nitrogens with zero attached hydrogens (tertiary/aromatic N) is 4. The highest BCUT2D eigenvalue weighted by atomic mass is 35.5. The van der Waals surface area contributed by atoms with Crippen LogP contribution in [0.3, 0.4) is 0 Å². The fourth-order valence-electron chi connectivity index (χ4n) is 3.39. The summed E-state index contributed by atoms with van der Waals surface area (Å²) in [4.78, 5) is 21.8. The van der Waals surface area contributed by atoms with Crippen molar-refractivity contribution in [1.82, 2.24) is 15.1 Å². The summed E-state index contributed by atoms with van der Waals surface area (Å²) in [7, 11) is 0. The zero-order valence-electron chi connectivity index (χ0n) is 16.5. The third-order valence-electron chi connectivity index (χ3n) is 4.96. The molecule has 0 aliphatic carbocycles. The first-order valence-electron chi connectivity index (χ1n) is 9.65. The van der Waals surface area contributed by atoms with Gasteiger partial charge in [0, 0.05) is 31.3 Å². The Balaban J connectivity index is 1.54. The Labute approximate surface area is 178 Å². The molecule has 1 aromatic carbocycles. The van der Waals surface area contributed by atoms with E-state index in [-0.39, 0.29) is 6.42 Å². The third-order valence-corrected chi connectivity index (χ3v) is 5.24. The number of hydrogen-bond donors (Lipinski definition) is 1. The van der Waals surface area contributed by atoms with Crippen LogP contribution in [0.4, 0.5) is 5.82 Å². The third kappa shape index (κ3) is 4.44. The quantitative estimate of drug-likeness (QED) is 0.635. The summed E-state index contributed by atoms with van der Waals surface area (Å²) >= 11 is 6.45. The predicted molar refractivity (Wildman–Crippen MR) is 112 cm³/mol. The molecule has 1 fully saturated rings. The van der Waals surface area contributed by atoms with Crippen molar-refractivity contribution in [2.45, 2.75) is 19.8 Å². The van der Waals surface area contributed by atoms with Crippen molar-refractivity contribution in [2.24, 2.45) is 0 Å². The van der Waals surface area contributed by atoms with Crippen molar-refractivity contribution >= 4 is 23.4 Å². The molecule has 0 atom stereocenters. The van der Waals surface area contributed by atoms with Crippen molar-refractivity contribution in [3.8, 4) is 22.8 Å². The van der Waals surface area contributed by atoms with Gasteiger partial charge in [-0.2, -0.15) is 4.98 Å². The zero-order valence-corrected chi connectivity index (χ0v) is 17.2. The van der Waals surface area contributed by atoms with Gasteiger partial charge in [0.1, 0.15) is 5.82 Å². The molecule has 3 aromatic rings. The highest BCUT2D eigenvalue weighted by molar-refractivity contribution is 6.33. The van der Waals surface area contributed by atoms with Crippen LogP contribution in [0.2, 0.25) is 5.02 Å². The van der Waals surface area contributed by atoms with Crippen LogP contribution < -0.4 is 4.90 Å². The van der Waals surface area contributed by atoms with Crippen LogP contribution in [0, 0.1) is 6.92 Å². The largest absolute Gasteiger partial charge is 0.481 e. The van der Waals surface area contributed by atoms with E-state index in [1.54, 1.807) is 12.3 Å². The number of benzene rings is 1. The number of ether oxygens (including phenoxy) is 1. The molecule has 9 heteroatoms. The molecule has 1 saturated heterocycles. The lowest BCUT2D eigenvalue weighted by Crippen LogP contribution is -2.36. The van der Waals surface area contributed by atoms with Crippen molar-refractivity contribution in [2.75, 3.05) is 31.2 Å². The molecule has 0 saturated carbocycles. The van der Waals surface area contributed by atoms with E-state index in [9.17, 15) is 4.79 Å². The minimum atomic E-state index is -0.813. The first kappa shape index (κ1) is 20.3. The monoisotopic (exact) mass is 428 g/mol. The first-order valence-corrected chi connectivity index (χ1v) is 10.0. The molecule has 0 unspecified atom stereocenters. The summed E-state index contributed by atoms with van der Waals surface area (Å²) in [5.74, 6) is 0.700. The number of halogens is 1. The minimum absolute atomic E-state index is 0.0966. The molecule has 1 aliphatic heterocycles. The second-order valence-corrected chi connectivity index (χ2v) is 7.50. The Bertz CT molecular complexity index is 1060. The van der Waals surface area contributed by atoms with E-state index in [2.05, 4.69) is 20.0 Å². The lowest BCUT2D eigenvalue weighted by atomic mass is 10.0. The molecule has 4 rings (SSSR count). The van der Waals surface area contributed by atoms with E-state index >= 15 is 0 Å². The fraction of sp³-hybridized carbons (Fsp3) is 0.333. The van der Waals surface area contributed by atoms with Crippen LogP contribution in [-0.2, 0) is 16.0 Å². The maximum Gasteiger partial charge on any atom is 0.303 e. The molecule has 0 radical (unpaired) electrons. The maximum absolute atomic E-state index is 10.8. The van der Waals surface area contributed by atoms with E-state index < -0.39 is 5.97 Å². The van der Waals surface area contributed by atoms with Crippen LogP contribution in [0.1, 0.15) is 17.5 Å². The average molecular weight is 429 g/mol. The van der Waals surface area contributed by atoms with E-state index in [0.29, 0.717) is 41.9 Å². The number of hydrogen-bond acceptors (Lipinski definition) is 7. The van der Waals surface area contributed by atoms with Crippen molar-refractivity contribution in [3.63, 3.8) is 0 Å². The zero-order chi connectivity index (χ0) is 21.1. The summed E-state index contributed by atoms with van der Waals surface area (Å²) in [6.45, 7) is 4.74. The number of morpholine rings is 1. The van der Waals surface area contributed by atoms with Crippen LogP contribution in [0.5, 0.6) is 0 Å². The number of anilines is 1. The lowest BCUT2D eigenvalue weighted by Gasteiger charge is -2.28. The molecule has 1 aliphatic rings. The molecule has 3 heterocycles. The molecule has 0 spiro atoms. The maximum atomic E-state index is 10.8. The van der Waals surface area contributed by atoms with E-state index in [1.165, 1.54) is 0 Å². The summed E-state index contributed by atoms with van der Waals surface area (Å²) in [5.41, 5.74) is 3.38. The van der Waals surface area contributed by atoms with Crippen LogP contribution in [0.25, 0.3) is 22.8 Å². The Hall–Kier alpha value is -2.97. The number of pyridine rings is 1. The summed E-state index contributed by atoms with van der Waals surface area (Å²) in [5, 5.41) is 13.5. The molecule has 1 N–H and O–H groups in total. The van der Waals surface area contributed by atoms with Gasteiger partial charge in [0.2, 0.25) is 5.82 Å². The van der Waals surface area contributed by atoms with Crippen molar-refractivity contribution in [1.29, 1.82) is 0 Å². The predicted octanol–water partition coefficient (Wildman–Crippen LogP) is 3.61. The molecule has 0 bridgehead atoms. The standard InChI is InChI=1S/C21H21ClN4O4/c1-13-10-14(3-5-18(27)28)2-4-16(13)19-24-21(30-25-19)15-11-17(22)20(23-12-15)26-6-8-29-9-7-26/h2,4,10-12H,3,5-9H2,1H3,(H,27,28). The average Bonchev–Trinajstić information content (AvgIpc) is 3.23. The van der Waals surface area contributed by atoms with Crippen LogP contribution >= 0.6 is 11.6 Å². The summed E-state index contributed by atoms with van der Waals surface area (Å²) < 4.78 is 10.8. The SMILES string of the molecule is Cc1cc(CCC(=O)O)ccc1-c1noc(-c2cnc(N3CCOCC3)c(Cl)c2)n1. The van der Waals surface area contributed by atoms with Crippen molar-refractivity contribution in [3.05, 3.63) is 46.6 Å². The Morgan fingerprint density at radius 3 is 2.77 bits per heavy atom. The number of carboxylic acids is 1.